The number of nitrogens with one attached hydrogen (secondary N) is 1. The zero-order chi connectivity index (χ0) is 12.1. The molecule has 0 heterocycles. The zero-order valence-electron chi connectivity index (χ0n) is 9.28. The lowest BCUT2D eigenvalue weighted by Crippen LogP contribution is -2.06. The standard InChI is InChI=1S/C12H14BrClFN/c1-8(4-3-7-16-2)9-5-6-10(13)11(14)12(9)15/h4-6,16H,3,7H2,1-2H3/b8-4-. The van der Waals surface area contributed by atoms with E-state index in [1.165, 1.54) is 0 Å². The highest BCUT2D eigenvalue weighted by Gasteiger charge is 2.10. The second kappa shape index (κ2) is 6.38. The average molecular weight is 307 g/mol. The fourth-order valence-corrected chi connectivity index (χ4v) is 1.84. The van der Waals surface area contributed by atoms with Gasteiger partial charge >= 0.3 is 0 Å². The van der Waals surface area contributed by atoms with Gasteiger partial charge in [0.25, 0.3) is 0 Å². The topological polar surface area (TPSA) is 12.0 Å². The van der Waals surface area contributed by atoms with E-state index in [1.807, 2.05) is 20.0 Å². The molecule has 0 fully saturated rings. The third-order valence-electron chi connectivity index (χ3n) is 2.30. The van der Waals surface area contributed by atoms with Crippen molar-refractivity contribution in [1.82, 2.24) is 5.32 Å². The van der Waals surface area contributed by atoms with Gasteiger partial charge in [0.15, 0.2) is 0 Å². The predicted octanol–water partition coefficient (Wildman–Crippen LogP) is 4.25. The summed E-state index contributed by atoms with van der Waals surface area (Å²) in [5.74, 6) is -0.366. The molecule has 0 aliphatic rings. The molecule has 0 amide bonds. The summed E-state index contributed by atoms with van der Waals surface area (Å²) in [6.07, 6.45) is 2.87. The summed E-state index contributed by atoms with van der Waals surface area (Å²) in [5.41, 5.74) is 1.46. The van der Waals surface area contributed by atoms with Gasteiger partial charge in [-0.15, -0.1) is 0 Å². The molecule has 1 rings (SSSR count). The van der Waals surface area contributed by atoms with Gasteiger partial charge in [-0.05, 0) is 54.5 Å². The van der Waals surface area contributed by atoms with Crippen LogP contribution >= 0.6 is 27.5 Å². The van der Waals surface area contributed by atoms with Crippen LogP contribution in [0.2, 0.25) is 5.02 Å². The molecule has 0 aliphatic carbocycles. The van der Waals surface area contributed by atoms with Gasteiger partial charge in [-0.25, -0.2) is 4.39 Å². The fourth-order valence-electron chi connectivity index (χ4n) is 1.37. The van der Waals surface area contributed by atoms with Crippen molar-refractivity contribution in [1.29, 1.82) is 0 Å². The van der Waals surface area contributed by atoms with E-state index >= 15 is 0 Å². The molecule has 0 saturated heterocycles. The van der Waals surface area contributed by atoms with Gasteiger partial charge in [0.05, 0.1) is 5.02 Å². The molecule has 1 aromatic rings. The molecule has 0 bridgehead atoms. The third-order valence-corrected chi connectivity index (χ3v) is 3.56. The Labute approximate surface area is 109 Å². The maximum absolute atomic E-state index is 13.8. The van der Waals surface area contributed by atoms with Gasteiger partial charge in [0.1, 0.15) is 5.82 Å². The second-order valence-corrected chi connectivity index (χ2v) is 4.73. The molecule has 0 saturated carbocycles. The van der Waals surface area contributed by atoms with Crippen molar-refractivity contribution in [2.24, 2.45) is 0 Å². The second-order valence-electron chi connectivity index (χ2n) is 3.50. The van der Waals surface area contributed by atoms with Crippen LogP contribution in [0.15, 0.2) is 22.7 Å². The Morgan fingerprint density at radius 3 is 2.88 bits per heavy atom. The van der Waals surface area contributed by atoms with E-state index in [0.717, 1.165) is 18.5 Å². The van der Waals surface area contributed by atoms with E-state index in [2.05, 4.69) is 21.2 Å². The first kappa shape index (κ1) is 13.7. The van der Waals surface area contributed by atoms with Crippen LogP contribution in [-0.2, 0) is 0 Å². The number of hydrogen-bond donors (Lipinski definition) is 1. The number of hydrogen-bond acceptors (Lipinski definition) is 1. The summed E-state index contributed by atoms with van der Waals surface area (Å²) in [5, 5.41) is 3.18. The number of rotatable bonds is 4. The van der Waals surface area contributed by atoms with E-state index < -0.39 is 0 Å². The van der Waals surface area contributed by atoms with Gasteiger partial charge in [0.2, 0.25) is 0 Å². The van der Waals surface area contributed by atoms with Crippen molar-refractivity contribution in [3.8, 4) is 0 Å². The fraction of sp³-hybridized carbons (Fsp3) is 0.333. The van der Waals surface area contributed by atoms with E-state index in [1.54, 1.807) is 12.1 Å². The van der Waals surface area contributed by atoms with Crippen molar-refractivity contribution >= 4 is 33.1 Å². The van der Waals surface area contributed by atoms with Crippen LogP contribution < -0.4 is 5.32 Å². The molecule has 0 radical (unpaired) electrons. The smallest absolute Gasteiger partial charge is 0.150 e. The third kappa shape index (κ3) is 3.30. The van der Waals surface area contributed by atoms with Gasteiger partial charge in [-0.2, -0.15) is 0 Å². The highest BCUT2D eigenvalue weighted by Crippen LogP contribution is 2.30. The Bertz CT molecular complexity index is 404. The van der Waals surface area contributed by atoms with Gasteiger partial charge in [-0.3, -0.25) is 0 Å². The average Bonchev–Trinajstić information content (AvgIpc) is 2.26. The summed E-state index contributed by atoms with van der Waals surface area (Å²) < 4.78 is 14.4. The van der Waals surface area contributed by atoms with Crippen molar-refractivity contribution in [3.05, 3.63) is 39.1 Å². The molecular weight excluding hydrogens is 292 g/mol. The summed E-state index contributed by atoms with van der Waals surface area (Å²) in [6.45, 7) is 2.77. The SMILES string of the molecule is CNCC/C=C(/C)c1ccc(Br)c(Cl)c1F. The Morgan fingerprint density at radius 2 is 2.25 bits per heavy atom. The first-order valence-electron chi connectivity index (χ1n) is 5.03. The minimum Gasteiger partial charge on any atom is -0.319 e. The molecule has 0 spiro atoms. The summed E-state index contributed by atoms with van der Waals surface area (Å²) >= 11 is 9.02. The first-order chi connectivity index (χ1) is 7.57. The Balaban J connectivity index is 2.96. The van der Waals surface area contributed by atoms with E-state index in [4.69, 9.17) is 11.6 Å². The summed E-state index contributed by atoms with van der Waals surface area (Å²) in [4.78, 5) is 0. The number of allylic oxidation sites excluding steroid dienone is 1. The van der Waals surface area contributed by atoms with Crippen LogP contribution in [0.5, 0.6) is 0 Å². The van der Waals surface area contributed by atoms with E-state index in [9.17, 15) is 4.39 Å². The molecule has 0 unspecified atom stereocenters. The zero-order valence-corrected chi connectivity index (χ0v) is 11.6. The highest BCUT2D eigenvalue weighted by atomic mass is 79.9. The molecular formula is C12H14BrClFN. The Kier molecular flexibility index (Phi) is 5.46. The minimum absolute atomic E-state index is 0.138. The molecule has 16 heavy (non-hydrogen) atoms. The predicted molar refractivity (Wildman–Crippen MR) is 71.3 cm³/mol. The molecule has 1 N–H and O–H groups in total. The number of halogens is 3. The van der Waals surface area contributed by atoms with Crippen molar-refractivity contribution in [2.45, 2.75) is 13.3 Å². The minimum atomic E-state index is -0.366. The largest absolute Gasteiger partial charge is 0.319 e. The van der Waals surface area contributed by atoms with E-state index in [0.29, 0.717) is 10.0 Å². The van der Waals surface area contributed by atoms with Crippen molar-refractivity contribution in [3.63, 3.8) is 0 Å². The molecule has 0 atom stereocenters. The molecule has 0 aliphatic heterocycles. The molecule has 1 nitrogen and oxygen atoms in total. The van der Waals surface area contributed by atoms with Crippen molar-refractivity contribution < 1.29 is 4.39 Å². The lowest BCUT2D eigenvalue weighted by Gasteiger charge is -2.06. The Hall–Kier alpha value is -0.380. The van der Waals surface area contributed by atoms with Crippen molar-refractivity contribution in [2.75, 3.05) is 13.6 Å². The highest BCUT2D eigenvalue weighted by molar-refractivity contribution is 9.10. The van der Waals surface area contributed by atoms with Crippen LogP contribution in [0, 0.1) is 5.82 Å². The van der Waals surface area contributed by atoms with Gasteiger partial charge in [0, 0.05) is 10.0 Å². The van der Waals surface area contributed by atoms with E-state index in [-0.39, 0.29) is 10.8 Å². The number of benzene rings is 1. The maximum atomic E-state index is 13.8. The van der Waals surface area contributed by atoms with Crippen LogP contribution in [-0.4, -0.2) is 13.6 Å². The molecule has 4 heteroatoms. The first-order valence-corrected chi connectivity index (χ1v) is 6.20. The quantitative estimate of drug-likeness (QED) is 0.647. The summed E-state index contributed by atoms with van der Waals surface area (Å²) in [7, 11) is 1.89. The lowest BCUT2D eigenvalue weighted by atomic mass is 10.1. The van der Waals surface area contributed by atoms with Gasteiger partial charge in [-0.1, -0.05) is 23.7 Å². The van der Waals surface area contributed by atoms with Gasteiger partial charge < -0.3 is 5.32 Å². The Morgan fingerprint density at radius 1 is 1.56 bits per heavy atom. The lowest BCUT2D eigenvalue weighted by molar-refractivity contribution is 0.623. The van der Waals surface area contributed by atoms with Crippen LogP contribution in [0.25, 0.3) is 5.57 Å². The van der Waals surface area contributed by atoms with Crippen LogP contribution in [0.1, 0.15) is 18.9 Å². The molecule has 0 aromatic heterocycles. The van der Waals surface area contributed by atoms with Crippen LogP contribution in [0.3, 0.4) is 0 Å². The molecule has 88 valence electrons. The monoisotopic (exact) mass is 305 g/mol. The normalized spacial score (nSPS) is 11.9. The molecule has 1 aromatic carbocycles. The van der Waals surface area contributed by atoms with Crippen LogP contribution in [0.4, 0.5) is 4.39 Å². The maximum Gasteiger partial charge on any atom is 0.150 e. The summed E-state index contributed by atoms with van der Waals surface area (Å²) in [6, 6.07) is 3.49.